The Morgan fingerprint density at radius 1 is 1.00 bits per heavy atom. The largest absolute Gasteiger partial charge is 0.454 e. The molecule has 0 fully saturated rings. The molecule has 0 bridgehead atoms. The van der Waals surface area contributed by atoms with Crippen molar-refractivity contribution in [2.75, 3.05) is 13.3 Å². The van der Waals surface area contributed by atoms with Gasteiger partial charge in [-0.2, -0.15) is 0 Å². The van der Waals surface area contributed by atoms with Crippen LogP contribution in [-0.4, -0.2) is 36.1 Å². The molecule has 0 unspecified atom stereocenters. The van der Waals surface area contributed by atoms with Crippen LogP contribution in [0.5, 0.6) is 11.5 Å². The van der Waals surface area contributed by atoms with Crippen molar-refractivity contribution in [1.82, 2.24) is 10.2 Å². The van der Waals surface area contributed by atoms with Crippen LogP contribution in [0.25, 0.3) is 0 Å². The number of nitrogens with zero attached hydrogens (tertiary/aromatic N) is 1. The predicted molar refractivity (Wildman–Crippen MR) is 120 cm³/mol. The van der Waals surface area contributed by atoms with Crippen LogP contribution in [0.1, 0.15) is 43.9 Å². The molecular formula is C25H32N2O4. The van der Waals surface area contributed by atoms with Gasteiger partial charge in [0, 0.05) is 19.5 Å². The zero-order chi connectivity index (χ0) is 22.4. The van der Waals surface area contributed by atoms with Gasteiger partial charge in [0.1, 0.15) is 6.04 Å². The molecule has 2 aromatic rings. The van der Waals surface area contributed by atoms with Crippen LogP contribution in [0.2, 0.25) is 0 Å². The molecule has 0 spiro atoms. The second-order valence-corrected chi connectivity index (χ2v) is 8.51. The third-order valence-corrected chi connectivity index (χ3v) is 5.39. The monoisotopic (exact) mass is 424 g/mol. The van der Waals surface area contributed by atoms with Crippen molar-refractivity contribution in [2.45, 2.75) is 53.1 Å². The molecule has 6 nitrogen and oxygen atoms in total. The fraction of sp³-hybridized carbons (Fsp3) is 0.440. The van der Waals surface area contributed by atoms with E-state index in [0.717, 1.165) is 22.4 Å². The molecule has 0 aromatic heterocycles. The first-order chi connectivity index (χ1) is 14.8. The molecule has 2 amide bonds. The molecule has 2 aromatic carbocycles. The zero-order valence-electron chi connectivity index (χ0n) is 18.8. The molecule has 1 atom stereocenters. The van der Waals surface area contributed by atoms with Gasteiger partial charge in [0.15, 0.2) is 11.5 Å². The van der Waals surface area contributed by atoms with E-state index in [2.05, 4.69) is 5.32 Å². The molecule has 31 heavy (non-hydrogen) atoms. The highest BCUT2D eigenvalue weighted by molar-refractivity contribution is 5.87. The quantitative estimate of drug-likeness (QED) is 0.664. The van der Waals surface area contributed by atoms with Crippen molar-refractivity contribution in [3.8, 4) is 11.5 Å². The van der Waals surface area contributed by atoms with E-state index in [4.69, 9.17) is 9.47 Å². The van der Waals surface area contributed by atoms with Gasteiger partial charge in [0.2, 0.25) is 18.6 Å². The summed E-state index contributed by atoms with van der Waals surface area (Å²) in [6, 6.07) is 13.2. The summed E-state index contributed by atoms with van der Waals surface area (Å²) in [5, 5.41) is 2.95. The average molecular weight is 425 g/mol. The maximum Gasteiger partial charge on any atom is 0.242 e. The highest BCUT2D eigenvalue weighted by Gasteiger charge is 2.26. The van der Waals surface area contributed by atoms with Crippen LogP contribution in [0.15, 0.2) is 42.5 Å². The van der Waals surface area contributed by atoms with Crippen LogP contribution in [-0.2, 0) is 22.6 Å². The van der Waals surface area contributed by atoms with Gasteiger partial charge in [0.05, 0.1) is 0 Å². The highest BCUT2D eigenvalue weighted by atomic mass is 16.7. The first-order valence-corrected chi connectivity index (χ1v) is 10.8. The van der Waals surface area contributed by atoms with E-state index in [1.165, 1.54) is 0 Å². The molecule has 0 aliphatic carbocycles. The smallest absolute Gasteiger partial charge is 0.242 e. The van der Waals surface area contributed by atoms with E-state index < -0.39 is 6.04 Å². The van der Waals surface area contributed by atoms with Gasteiger partial charge in [-0.25, -0.2) is 0 Å². The van der Waals surface area contributed by atoms with E-state index in [9.17, 15) is 9.59 Å². The lowest BCUT2D eigenvalue weighted by Gasteiger charge is -2.29. The minimum absolute atomic E-state index is 0.0505. The summed E-state index contributed by atoms with van der Waals surface area (Å²) in [7, 11) is 0. The number of hydrogen-bond acceptors (Lipinski definition) is 4. The Bertz CT molecular complexity index is 908. The molecule has 3 rings (SSSR count). The summed E-state index contributed by atoms with van der Waals surface area (Å²) >= 11 is 0. The summed E-state index contributed by atoms with van der Waals surface area (Å²) in [4.78, 5) is 27.6. The molecule has 0 saturated carbocycles. The molecule has 6 heteroatoms. The molecule has 0 saturated heterocycles. The van der Waals surface area contributed by atoms with Crippen LogP contribution in [0.3, 0.4) is 0 Å². The summed E-state index contributed by atoms with van der Waals surface area (Å²) in [6.45, 7) is 9.13. The van der Waals surface area contributed by atoms with E-state index in [1.807, 2.05) is 63.2 Å². The second kappa shape index (κ2) is 10.3. The average Bonchev–Trinajstić information content (AvgIpc) is 3.22. The SMILES string of the molecule is Cc1ccc(CN(C(=O)CCc2ccc3c(c2)OCO3)[C@@H](C)C(=O)NCC(C)C)cc1. The predicted octanol–water partition coefficient (Wildman–Crippen LogP) is 3.85. The maximum absolute atomic E-state index is 13.2. The van der Waals surface area contributed by atoms with Gasteiger partial charge < -0.3 is 19.7 Å². The third kappa shape index (κ3) is 6.23. The number of benzene rings is 2. The van der Waals surface area contributed by atoms with Gasteiger partial charge in [-0.15, -0.1) is 0 Å². The van der Waals surface area contributed by atoms with Gasteiger partial charge >= 0.3 is 0 Å². The van der Waals surface area contributed by atoms with Crippen molar-refractivity contribution in [3.05, 3.63) is 59.2 Å². The van der Waals surface area contributed by atoms with Crippen molar-refractivity contribution in [1.29, 1.82) is 0 Å². The first-order valence-electron chi connectivity index (χ1n) is 10.8. The molecule has 1 aliphatic rings. The van der Waals surface area contributed by atoms with Crippen LogP contribution in [0, 0.1) is 12.8 Å². The summed E-state index contributed by atoms with van der Waals surface area (Å²) in [5.41, 5.74) is 3.17. The lowest BCUT2D eigenvalue weighted by Crippen LogP contribution is -2.48. The Hall–Kier alpha value is -3.02. The molecular weight excluding hydrogens is 392 g/mol. The number of hydrogen-bond donors (Lipinski definition) is 1. The van der Waals surface area contributed by atoms with Gasteiger partial charge in [0.25, 0.3) is 0 Å². The first kappa shape index (κ1) is 22.7. The molecule has 1 N–H and O–H groups in total. The van der Waals surface area contributed by atoms with E-state index in [-0.39, 0.29) is 18.6 Å². The van der Waals surface area contributed by atoms with Crippen LogP contribution >= 0.6 is 0 Å². The minimum atomic E-state index is -0.552. The van der Waals surface area contributed by atoms with Crippen molar-refractivity contribution in [2.24, 2.45) is 5.92 Å². The van der Waals surface area contributed by atoms with E-state index in [0.29, 0.717) is 37.6 Å². The summed E-state index contributed by atoms with van der Waals surface area (Å²) < 4.78 is 10.8. The Morgan fingerprint density at radius 3 is 2.39 bits per heavy atom. The topological polar surface area (TPSA) is 67.9 Å². The van der Waals surface area contributed by atoms with Gasteiger partial charge in [-0.1, -0.05) is 49.7 Å². The van der Waals surface area contributed by atoms with Crippen molar-refractivity contribution < 1.29 is 19.1 Å². The Balaban J connectivity index is 1.69. The van der Waals surface area contributed by atoms with Gasteiger partial charge in [-0.3, -0.25) is 9.59 Å². The number of fused-ring (bicyclic) bond motifs is 1. The fourth-order valence-electron chi connectivity index (χ4n) is 3.42. The highest BCUT2D eigenvalue weighted by Crippen LogP contribution is 2.32. The van der Waals surface area contributed by atoms with Crippen LogP contribution in [0.4, 0.5) is 0 Å². The summed E-state index contributed by atoms with van der Waals surface area (Å²) in [6.07, 6.45) is 0.882. The van der Waals surface area contributed by atoms with E-state index >= 15 is 0 Å². The normalized spacial score (nSPS) is 13.2. The minimum Gasteiger partial charge on any atom is -0.454 e. The Kier molecular flexibility index (Phi) is 7.55. The fourth-order valence-corrected chi connectivity index (χ4v) is 3.42. The standard InChI is InChI=1S/C25H32N2O4/c1-17(2)14-26-25(29)19(4)27(15-21-7-5-18(3)6-8-21)24(28)12-10-20-9-11-22-23(13-20)31-16-30-22/h5-9,11,13,17,19H,10,12,14-16H2,1-4H3,(H,26,29)/t19-/m0/s1. The number of aryl methyl sites for hydroxylation is 2. The van der Waals surface area contributed by atoms with Crippen LogP contribution < -0.4 is 14.8 Å². The number of rotatable bonds is 9. The third-order valence-electron chi connectivity index (χ3n) is 5.39. The molecule has 166 valence electrons. The van der Waals surface area contributed by atoms with E-state index in [1.54, 1.807) is 11.8 Å². The molecule has 1 heterocycles. The number of carbonyl (C=O) groups excluding carboxylic acids is 2. The zero-order valence-corrected chi connectivity index (χ0v) is 18.8. The Labute approximate surface area is 184 Å². The van der Waals surface area contributed by atoms with Crippen molar-refractivity contribution >= 4 is 11.8 Å². The second-order valence-electron chi connectivity index (χ2n) is 8.51. The van der Waals surface area contributed by atoms with Crippen molar-refractivity contribution in [3.63, 3.8) is 0 Å². The maximum atomic E-state index is 13.2. The molecule has 0 radical (unpaired) electrons. The molecule has 1 aliphatic heterocycles. The number of ether oxygens (including phenoxy) is 2. The number of carbonyl (C=O) groups is 2. The van der Waals surface area contributed by atoms with Gasteiger partial charge in [-0.05, 0) is 49.4 Å². The lowest BCUT2D eigenvalue weighted by molar-refractivity contribution is -0.140. The number of amides is 2. The number of nitrogens with one attached hydrogen (secondary N) is 1. The summed E-state index contributed by atoms with van der Waals surface area (Å²) in [5.74, 6) is 1.61. The lowest BCUT2D eigenvalue weighted by atomic mass is 10.1. The Morgan fingerprint density at radius 2 is 1.68 bits per heavy atom.